The van der Waals surface area contributed by atoms with Crippen LogP contribution in [0.15, 0.2) is 53.3 Å². The molecule has 0 atom stereocenters. The number of aromatic nitrogens is 2. The number of fused-ring (bicyclic) bond motifs is 1. The number of hydrogen-bond donors (Lipinski definition) is 3. The number of H-pyrrole nitrogens is 1. The van der Waals surface area contributed by atoms with Gasteiger partial charge in [-0.15, -0.1) is 12.4 Å². The molecule has 4 N–H and O–H groups in total. The number of hydrogen-bond acceptors (Lipinski definition) is 4. The van der Waals surface area contributed by atoms with Crippen molar-refractivity contribution in [2.24, 2.45) is 5.73 Å². The Hall–Kier alpha value is -2.70. The summed E-state index contributed by atoms with van der Waals surface area (Å²) in [6, 6.07) is 14.7. The summed E-state index contributed by atoms with van der Waals surface area (Å²) in [5.74, 6) is -0.0605. The van der Waals surface area contributed by atoms with Crippen molar-refractivity contribution in [3.05, 3.63) is 58.9 Å². The summed E-state index contributed by atoms with van der Waals surface area (Å²) in [7, 11) is 0. The SMILES string of the molecule is Cl.NCCCCC(=O)Nc1ccccc1-c1n[nH]c(=O)c2ccccc12. The number of para-hydroxylation sites is 1. The van der Waals surface area contributed by atoms with Crippen molar-refractivity contribution in [3.63, 3.8) is 0 Å². The molecule has 0 fully saturated rings. The van der Waals surface area contributed by atoms with Crippen molar-refractivity contribution < 1.29 is 4.79 Å². The van der Waals surface area contributed by atoms with E-state index in [2.05, 4.69) is 15.5 Å². The summed E-state index contributed by atoms with van der Waals surface area (Å²) in [6.45, 7) is 0.581. The number of unbranched alkanes of at least 4 members (excludes halogenated alkanes) is 1. The molecule has 136 valence electrons. The van der Waals surface area contributed by atoms with Gasteiger partial charge in [-0.3, -0.25) is 9.59 Å². The third-order valence-corrected chi connectivity index (χ3v) is 4.01. The summed E-state index contributed by atoms with van der Waals surface area (Å²) in [4.78, 5) is 24.1. The van der Waals surface area contributed by atoms with Crippen LogP contribution >= 0.6 is 12.4 Å². The molecule has 3 rings (SSSR count). The molecular weight excluding hydrogens is 352 g/mol. The van der Waals surface area contributed by atoms with Gasteiger partial charge in [0.05, 0.1) is 11.1 Å². The van der Waals surface area contributed by atoms with Gasteiger partial charge < -0.3 is 11.1 Å². The Balaban J connectivity index is 0.00000243. The Morgan fingerprint density at radius 3 is 2.50 bits per heavy atom. The van der Waals surface area contributed by atoms with Crippen LogP contribution in [0.25, 0.3) is 22.0 Å². The van der Waals surface area contributed by atoms with Crippen LogP contribution in [-0.2, 0) is 4.79 Å². The van der Waals surface area contributed by atoms with Crippen LogP contribution in [0.1, 0.15) is 19.3 Å². The van der Waals surface area contributed by atoms with Crippen molar-refractivity contribution in [1.29, 1.82) is 0 Å². The van der Waals surface area contributed by atoms with Crippen LogP contribution in [0.3, 0.4) is 0 Å². The predicted molar refractivity (Wildman–Crippen MR) is 107 cm³/mol. The van der Waals surface area contributed by atoms with E-state index in [9.17, 15) is 9.59 Å². The molecule has 7 heteroatoms. The number of aromatic amines is 1. The minimum Gasteiger partial charge on any atom is -0.330 e. The van der Waals surface area contributed by atoms with Gasteiger partial charge in [0.1, 0.15) is 5.69 Å². The number of nitrogens with two attached hydrogens (primary N) is 1. The van der Waals surface area contributed by atoms with Gasteiger partial charge in [-0.2, -0.15) is 5.10 Å². The van der Waals surface area contributed by atoms with Crippen LogP contribution < -0.4 is 16.6 Å². The molecule has 0 aliphatic carbocycles. The fourth-order valence-electron chi connectivity index (χ4n) is 2.76. The normalized spacial score (nSPS) is 10.3. The highest BCUT2D eigenvalue weighted by atomic mass is 35.5. The van der Waals surface area contributed by atoms with Gasteiger partial charge >= 0.3 is 0 Å². The molecule has 1 amide bonds. The van der Waals surface area contributed by atoms with Crippen LogP contribution in [0.2, 0.25) is 0 Å². The van der Waals surface area contributed by atoms with E-state index in [1.54, 1.807) is 6.07 Å². The number of amides is 1. The zero-order valence-electron chi connectivity index (χ0n) is 14.2. The third-order valence-electron chi connectivity index (χ3n) is 4.01. The Bertz CT molecular complexity index is 955. The monoisotopic (exact) mass is 372 g/mol. The third kappa shape index (κ3) is 4.28. The molecule has 0 aliphatic rings. The number of anilines is 1. The second kappa shape index (κ2) is 9.12. The largest absolute Gasteiger partial charge is 0.330 e. The molecule has 1 aromatic heterocycles. The maximum Gasteiger partial charge on any atom is 0.272 e. The lowest BCUT2D eigenvalue weighted by molar-refractivity contribution is -0.116. The standard InChI is InChI=1S/C19H20N4O2.ClH/c20-12-6-5-11-17(24)21-16-10-4-3-9-15(16)18-13-7-1-2-8-14(13)19(25)23-22-18;/h1-4,7-10H,5-6,11-12,20H2,(H,21,24)(H,23,25);1H. The molecule has 1 heterocycles. The van der Waals surface area contributed by atoms with E-state index in [-0.39, 0.29) is 23.9 Å². The molecular formula is C19H21ClN4O2. The van der Waals surface area contributed by atoms with Gasteiger partial charge in [0.2, 0.25) is 5.91 Å². The van der Waals surface area contributed by atoms with Gasteiger partial charge in [-0.25, -0.2) is 5.10 Å². The van der Waals surface area contributed by atoms with Gasteiger partial charge in [0, 0.05) is 17.4 Å². The first-order valence-electron chi connectivity index (χ1n) is 8.27. The average molecular weight is 373 g/mol. The highest BCUT2D eigenvalue weighted by Crippen LogP contribution is 2.30. The van der Waals surface area contributed by atoms with Crippen molar-refractivity contribution in [2.45, 2.75) is 19.3 Å². The molecule has 3 aromatic rings. The van der Waals surface area contributed by atoms with Gasteiger partial charge in [0.15, 0.2) is 0 Å². The summed E-state index contributed by atoms with van der Waals surface area (Å²) < 4.78 is 0. The first-order valence-corrected chi connectivity index (χ1v) is 8.27. The molecule has 0 unspecified atom stereocenters. The van der Waals surface area contributed by atoms with E-state index in [1.807, 2.05) is 42.5 Å². The lowest BCUT2D eigenvalue weighted by Gasteiger charge is -2.12. The molecule has 2 aromatic carbocycles. The molecule has 0 aliphatic heterocycles. The second-order valence-electron chi connectivity index (χ2n) is 5.79. The molecule has 26 heavy (non-hydrogen) atoms. The van der Waals surface area contributed by atoms with E-state index >= 15 is 0 Å². The van der Waals surface area contributed by atoms with Gasteiger partial charge in [-0.1, -0.05) is 36.4 Å². The summed E-state index contributed by atoms with van der Waals surface area (Å²) in [5.41, 5.74) is 7.30. The maximum absolute atomic E-state index is 12.2. The van der Waals surface area contributed by atoms with E-state index in [0.29, 0.717) is 29.7 Å². The van der Waals surface area contributed by atoms with Gasteiger partial charge in [0.25, 0.3) is 5.56 Å². The highest BCUT2D eigenvalue weighted by Gasteiger charge is 2.13. The topological polar surface area (TPSA) is 101 Å². The highest BCUT2D eigenvalue weighted by molar-refractivity contribution is 6.00. The Morgan fingerprint density at radius 2 is 1.73 bits per heavy atom. The first kappa shape index (κ1) is 19.6. The van der Waals surface area contributed by atoms with Gasteiger partial charge in [-0.05, 0) is 31.5 Å². The quantitative estimate of drug-likeness (QED) is 0.579. The number of carbonyl (C=O) groups is 1. The summed E-state index contributed by atoms with van der Waals surface area (Å²) in [6.07, 6.45) is 2.00. The molecule has 0 spiro atoms. The van der Waals surface area contributed by atoms with E-state index < -0.39 is 0 Å². The molecule has 0 bridgehead atoms. The number of benzene rings is 2. The number of carbonyl (C=O) groups excluding carboxylic acids is 1. The molecule has 0 saturated heterocycles. The van der Waals surface area contributed by atoms with Crippen molar-refractivity contribution in [3.8, 4) is 11.3 Å². The smallest absolute Gasteiger partial charge is 0.272 e. The Kier molecular flexibility index (Phi) is 6.89. The predicted octanol–water partition coefficient (Wildman–Crippen LogP) is 3.08. The molecule has 0 radical (unpaired) electrons. The van der Waals surface area contributed by atoms with Crippen molar-refractivity contribution >= 4 is 34.8 Å². The fourth-order valence-corrected chi connectivity index (χ4v) is 2.76. The molecule has 0 saturated carbocycles. The molecule has 6 nitrogen and oxygen atoms in total. The van der Waals surface area contributed by atoms with Crippen molar-refractivity contribution in [1.82, 2.24) is 10.2 Å². The lowest BCUT2D eigenvalue weighted by Crippen LogP contribution is -2.14. The Labute approximate surface area is 157 Å². The fraction of sp³-hybridized carbons (Fsp3) is 0.211. The lowest BCUT2D eigenvalue weighted by atomic mass is 10.0. The summed E-state index contributed by atoms with van der Waals surface area (Å²) >= 11 is 0. The van der Waals surface area contributed by atoms with Crippen LogP contribution in [0.4, 0.5) is 5.69 Å². The zero-order chi connectivity index (χ0) is 17.6. The maximum atomic E-state index is 12.2. The number of nitrogens with one attached hydrogen (secondary N) is 2. The minimum absolute atomic E-state index is 0. The number of halogens is 1. The van der Waals surface area contributed by atoms with Crippen LogP contribution in [-0.4, -0.2) is 22.6 Å². The Morgan fingerprint density at radius 1 is 1.04 bits per heavy atom. The first-order chi connectivity index (χ1) is 12.2. The minimum atomic E-state index is -0.234. The van der Waals surface area contributed by atoms with Crippen LogP contribution in [0, 0.1) is 0 Å². The number of nitrogens with zero attached hydrogens (tertiary/aromatic N) is 1. The zero-order valence-corrected chi connectivity index (χ0v) is 15.0. The van der Waals surface area contributed by atoms with E-state index in [4.69, 9.17) is 5.73 Å². The van der Waals surface area contributed by atoms with E-state index in [0.717, 1.165) is 23.8 Å². The van der Waals surface area contributed by atoms with Crippen LogP contribution in [0.5, 0.6) is 0 Å². The summed E-state index contributed by atoms with van der Waals surface area (Å²) in [5, 5.41) is 11.0. The number of rotatable bonds is 6. The second-order valence-corrected chi connectivity index (χ2v) is 5.79. The average Bonchev–Trinajstić information content (AvgIpc) is 2.63. The van der Waals surface area contributed by atoms with Crippen molar-refractivity contribution in [2.75, 3.05) is 11.9 Å². The van der Waals surface area contributed by atoms with E-state index in [1.165, 1.54) is 0 Å².